The number of benzene rings is 1. The van der Waals surface area contributed by atoms with Gasteiger partial charge in [-0.1, -0.05) is 0 Å². The summed E-state index contributed by atoms with van der Waals surface area (Å²) in [6.07, 6.45) is 1.59. The van der Waals surface area contributed by atoms with Gasteiger partial charge in [0.1, 0.15) is 5.75 Å². The third-order valence-electron chi connectivity index (χ3n) is 2.19. The largest absolute Gasteiger partial charge is 0.507 e. The Bertz CT molecular complexity index is 489. The van der Waals surface area contributed by atoms with E-state index < -0.39 is 0 Å². The standard InChI is InChI=1S/C11H10N2O2/c1-7(14)8-2-3-11(15)9(6-8)10-4-5-12-13-10/h2-6,15H,1H3,(H,12,13). The van der Waals surface area contributed by atoms with Gasteiger partial charge in [-0.05, 0) is 31.2 Å². The Hall–Kier alpha value is -2.10. The molecule has 1 aromatic carbocycles. The lowest BCUT2D eigenvalue weighted by Gasteiger charge is -2.03. The van der Waals surface area contributed by atoms with Gasteiger partial charge >= 0.3 is 0 Å². The van der Waals surface area contributed by atoms with Gasteiger partial charge in [0.25, 0.3) is 0 Å². The predicted octanol–water partition coefficient (Wildman–Crippen LogP) is 1.98. The van der Waals surface area contributed by atoms with Crippen LogP contribution in [0.5, 0.6) is 5.75 Å². The zero-order valence-corrected chi connectivity index (χ0v) is 8.19. The Morgan fingerprint density at radius 1 is 1.40 bits per heavy atom. The number of Topliss-reactive ketones (excluding diaryl/α,β-unsaturated/α-hetero) is 1. The third-order valence-corrected chi connectivity index (χ3v) is 2.19. The maximum absolute atomic E-state index is 11.2. The summed E-state index contributed by atoms with van der Waals surface area (Å²) in [5, 5.41) is 16.2. The molecule has 0 amide bonds. The van der Waals surface area contributed by atoms with Gasteiger partial charge < -0.3 is 5.11 Å². The van der Waals surface area contributed by atoms with Crippen LogP contribution in [-0.2, 0) is 0 Å². The molecule has 2 N–H and O–H groups in total. The minimum Gasteiger partial charge on any atom is -0.507 e. The van der Waals surface area contributed by atoms with Crippen LogP contribution in [0.15, 0.2) is 30.5 Å². The smallest absolute Gasteiger partial charge is 0.159 e. The number of ketones is 1. The van der Waals surface area contributed by atoms with Gasteiger partial charge in [0.15, 0.2) is 5.78 Å². The van der Waals surface area contributed by atoms with Gasteiger partial charge in [0.05, 0.1) is 5.69 Å². The fraction of sp³-hybridized carbons (Fsp3) is 0.0909. The highest BCUT2D eigenvalue weighted by Crippen LogP contribution is 2.28. The molecule has 0 radical (unpaired) electrons. The minimum atomic E-state index is -0.0317. The Labute approximate surface area is 86.6 Å². The highest BCUT2D eigenvalue weighted by atomic mass is 16.3. The van der Waals surface area contributed by atoms with E-state index in [0.717, 1.165) is 0 Å². The Balaban J connectivity index is 2.55. The summed E-state index contributed by atoms with van der Waals surface area (Å²) in [6, 6.07) is 6.48. The molecule has 0 aliphatic carbocycles. The molecule has 4 heteroatoms. The quantitative estimate of drug-likeness (QED) is 0.732. The van der Waals surface area contributed by atoms with Gasteiger partial charge in [-0.3, -0.25) is 9.89 Å². The number of hydrogen-bond acceptors (Lipinski definition) is 3. The fourth-order valence-electron chi connectivity index (χ4n) is 1.38. The molecule has 15 heavy (non-hydrogen) atoms. The van der Waals surface area contributed by atoms with Crippen molar-refractivity contribution in [3.63, 3.8) is 0 Å². The van der Waals surface area contributed by atoms with Crippen LogP contribution in [-0.4, -0.2) is 21.1 Å². The van der Waals surface area contributed by atoms with Crippen LogP contribution >= 0.6 is 0 Å². The number of phenols is 1. The van der Waals surface area contributed by atoms with Gasteiger partial charge in [-0.25, -0.2) is 0 Å². The molecule has 76 valence electrons. The molecule has 4 nitrogen and oxygen atoms in total. The van der Waals surface area contributed by atoms with Gasteiger partial charge in [0.2, 0.25) is 0 Å². The fourth-order valence-corrected chi connectivity index (χ4v) is 1.38. The number of nitrogens with zero attached hydrogens (tertiary/aromatic N) is 1. The minimum absolute atomic E-state index is 0.0317. The number of nitrogens with one attached hydrogen (secondary N) is 1. The van der Waals surface area contributed by atoms with Gasteiger partial charge in [-0.15, -0.1) is 0 Å². The second kappa shape index (κ2) is 3.57. The van der Waals surface area contributed by atoms with Crippen molar-refractivity contribution in [2.24, 2.45) is 0 Å². The van der Waals surface area contributed by atoms with E-state index >= 15 is 0 Å². The Morgan fingerprint density at radius 2 is 2.20 bits per heavy atom. The first kappa shape index (κ1) is 9.45. The maximum Gasteiger partial charge on any atom is 0.159 e. The number of carbonyl (C=O) groups is 1. The van der Waals surface area contributed by atoms with E-state index in [9.17, 15) is 9.90 Å². The Kier molecular flexibility index (Phi) is 2.25. The number of phenolic OH excluding ortho intramolecular Hbond substituents is 1. The zero-order valence-electron chi connectivity index (χ0n) is 8.19. The average molecular weight is 202 g/mol. The normalized spacial score (nSPS) is 10.2. The number of hydrogen-bond donors (Lipinski definition) is 2. The molecule has 2 aromatic rings. The highest BCUT2D eigenvalue weighted by molar-refractivity contribution is 5.95. The molecule has 0 aliphatic rings. The lowest BCUT2D eigenvalue weighted by atomic mass is 10.0. The average Bonchev–Trinajstić information content (AvgIpc) is 2.71. The molecule has 0 aliphatic heterocycles. The molecule has 2 rings (SSSR count). The van der Waals surface area contributed by atoms with Crippen molar-refractivity contribution in [3.8, 4) is 17.0 Å². The number of aromatic amines is 1. The van der Waals surface area contributed by atoms with Crippen molar-refractivity contribution >= 4 is 5.78 Å². The molecular weight excluding hydrogens is 192 g/mol. The van der Waals surface area contributed by atoms with Crippen LogP contribution in [0.2, 0.25) is 0 Å². The molecule has 0 unspecified atom stereocenters. The van der Waals surface area contributed by atoms with Crippen molar-refractivity contribution in [2.45, 2.75) is 6.92 Å². The van der Waals surface area contributed by atoms with E-state index in [2.05, 4.69) is 10.2 Å². The number of aromatic nitrogens is 2. The van der Waals surface area contributed by atoms with Crippen LogP contribution in [0, 0.1) is 0 Å². The number of rotatable bonds is 2. The molecule has 0 saturated heterocycles. The van der Waals surface area contributed by atoms with Crippen LogP contribution in [0.1, 0.15) is 17.3 Å². The number of aromatic hydroxyl groups is 1. The lowest BCUT2D eigenvalue weighted by molar-refractivity contribution is 0.101. The topological polar surface area (TPSA) is 66.0 Å². The molecule has 1 aromatic heterocycles. The maximum atomic E-state index is 11.2. The summed E-state index contributed by atoms with van der Waals surface area (Å²) >= 11 is 0. The van der Waals surface area contributed by atoms with E-state index in [4.69, 9.17) is 0 Å². The van der Waals surface area contributed by atoms with E-state index in [1.807, 2.05) is 0 Å². The Morgan fingerprint density at radius 3 is 2.80 bits per heavy atom. The van der Waals surface area contributed by atoms with Crippen LogP contribution < -0.4 is 0 Å². The summed E-state index contributed by atoms with van der Waals surface area (Å²) in [7, 11) is 0. The number of carbonyl (C=O) groups excluding carboxylic acids is 1. The molecule has 0 bridgehead atoms. The van der Waals surface area contributed by atoms with Crippen LogP contribution in [0.4, 0.5) is 0 Å². The van der Waals surface area contributed by atoms with Gasteiger partial charge in [0, 0.05) is 17.3 Å². The predicted molar refractivity (Wildman–Crippen MR) is 55.7 cm³/mol. The van der Waals surface area contributed by atoms with Crippen molar-refractivity contribution in [3.05, 3.63) is 36.0 Å². The summed E-state index contributed by atoms with van der Waals surface area (Å²) in [6.45, 7) is 1.49. The van der Waals surface area contributed by atoms with E-state index in [0.29, 0.717) is 16.8 Å². The zero-order chi connectivity index (χ0) is 10.8. The molecule has 0 saturated carbocycles. The molecule has 0 spiro atoms. The molecule has 1 heterocycles. The van der Waals surface area contributed by atoms with Crippen molar-refractivity contribution in [2.75, 3.05) is 0 Å². The van der Waals surface area contributed by atoms with Crippen molar-refractivity contribution in [1.82, 2.24) is 10.2 Å². The molecule has 0 atom stereocenters. The van der Waals surface area contributed by atoms with E-state index in [1.165, 1.54) is 13.0 Å². The highest BCUT2D eigenvalue weighted by Gasteiger charge is 2.08. The lowest BCUT2D eigenvalue weighted by Crippen LogP contribution is -1.92. The van der Waals surface area contributed by atoms with E-state index in [-0.39, 0.29) is 11.5 Å². The summed E-state index contributed by atoms with van der Waals surface area (Å²) in [5.74, 6) is 0.0972. The van der Waals surface area contributed by atoms with Crippen LogP contribution in [0.25, 0.3) is 11.3 Å². The summed E-state index contributed by atoms with van der Waals surface area (Å²) in [4.78, 5) is 11.2. The summed E-state index contributed by atoms with van der Waals surface area (Å²) in [5.41, 5.74) is 1.84. The van der Waals surface area contributed by atoms with Gasteiger partial charge in [-0.2, -0.15) is 5.10 Å². The first-order valence-corrected chi connectivity index (χ1v) is 4.52. The number of H-pyrrole nitrogens is 1. The SMILES string of the molecule is CC(=O)c1ccc(O)c(-c2ccn[nH]2)c1. The monoisotopic (exact) mass is 202 g/mol. The third kappa shape index (κ3) is 1.74. The first-order chi connectivity index (χ1) is 7.18. The van der Waals surface area contributed by atoms with Crippen LogP contribution in [0.3, 0.4) is 0 Å². The molecule has 0 fully saturated rings. The first-order valence-electron chi connectivity index (χ1n) is 4.52. The second-order valence-corrected chi connectivity index (χ2v) is 3.26. The van der Waals surface area contributed by atoms with Crippen molar-refractivity contribution < 1.29 is 9.90 Å². The second-order valence-electron chi connectivity index (χ2n) is 3.26. The molecular formula is C11H10N2O2. The summed E-state index contributed by atoms with van der Waals surface area (Å²) < 4.78 is 0. The van der Waals surface area contributed by atoms with Crippen molar-refractivity contribution in [1.29, 1.82) is 0 Å². The van der Waals surface area contributed by atoms with E-state index in [1.54, 1.807) is 24.4 Å².